The van der Waals surface area contributed by atoms with Crippen LogP contribution in [0.2, 0.25) is 0 Å². The first kappa shape index (κ1) is 10.9. The maximum atomic E-state index is 9.69. The number of aliphatic hydroxyl groups is 1. The monoisotopic (exact) mass is 190 g/mol. The average Bonchev–Trinajstić information content (AvgIpc) is 2.16. The first-order valence-corrected chi connectivity index (χ1v) is 4.62. The predicted octanol–water partition coefficient (Wildman–Crippen LogP) is 0.534. The molecule has 1 aliphatic rings. The maximum absolute atomic E-state index is 9.69. The zero-order valence-corrected chi connectivity index (χ0v) is 8.40. The predicted molar refractivity (Wildman–Crippen MR) is 47.4 cm³/mol. The van der Waals surface area contributed by atoms with Crippen molar-refractivity contribution in [3.8, 4) is 0 Å². The van der Waals surface area contributed by atoms with Crippen LogP contribution >= 0.6 is 0 Å². The van der Waals surface area contributed by atoms with Crippen LogP contribution in [0.3, 0.4) is 0 Å². The Morgan fingerprint density at radius 3 is 2.54 bits per heavy atom. The van der Waals surface area contributed by atoms with Gasteiger partial charge >= 0.3 is 0 Å². The van der Waals surface area contributed by atoms with Gasteiger partial charge in [0.25, 0.3) is 0 Å². The molecule has 0 aromatic carbocycles. The van der Waals surface area contributed by atoms with Gasteiger partial charge in [-0.3, -0.25) is 0 Å². The van der Waals surface area contributed by atoms with Gasteiger partial charge in [-0.05, 0) is 6.42 Å². The van der Waals surface area contributed by atoms with Crippen LogP contribution in [0.4, 0.5) is 0 Å². The highest BCUT2D eigenvalue weighted by molar-refractivity contribution is 4.83. The van der Waals surface area contributed by atoms with Crippen molar-refractivity contribution < 1.29 is 19.3 Å². The zero-order chi connectivity index (χ0) is 9.84. The van der Waals surface area contributed by atoms with Crippen LogP contribution in [0.5, 0.6) is 0 Å². The molecule has 0 spiro atoms. The molecule has 4 atom stereocenters. The van der Waals surface area contributed by atoms with Gasteiger partial charge in [-0.1, -0.05) is 6.92 Å². The van der Waals surface area contributed by atoms with Gasteiger partial charge in [0.05, 0.1) is 12.2 Å². The molecular formula is C9H18O4. The Morgan fingerprint density at radius 2 is 2.08 bits per heavy atom. The van der Waals surface area contributed by atoms with E-state index in [4.69, 9.17) is 14.2 Å². The second kappa shape index (κ2) is 4.91. The lowest BCUT2D eigenvalue weighted by Gasteiger charge is -2.37. The quantitative estimate of drug-likeness (QED) is 0.705. The number of aliphatic hydroxyl groups excluding tert-OH is 1. The van der Waals surface area contributed by atoms with Gasteiger partial charge in [-0.15, -0.1) is 0 Å². The van der Waals surface area contributed by atoms with Crippen LogP contribution < -0.4 is 0 Å². The van der Waals surface area contributed by atoms with Gasteiger partial charge in [0.15, 0.2) is 6.29 Å². The highest BCUT2D eigenvalue weighted by Gasteiger charge is 2.36. The molecule has 1 N–H and O–H groups in total. The van der Waals surface area contributed by atoms with Crippen molar-refractivity contribution >= 4 is 0 Å². The van der Waals surface area contributed by atoms with Gasteiger partial charge in [0.2, 0.25) is 0 Å². The minimum Gasteiger partial charge on any atom is -0.390 e. The van der Waals surface area contributed by atoms with E-state index in [0.717, 1.165) is 6.42 Å². The summed E-state index contributed by atoms with van der Waals surface area (Å²) >= 11 is 0. The van der Waals surface area contributed by atoms with E-state index < -0.39 is 6.10 Å². The lowest BCUT2D eigenvalue weighted by molar-refractivity contribution is -0.247. The third kappa shape index (κ3) is 2.40. The second-order valence-electron chi connectivity index (χ2n) is 3.25. The highest BCUT2D eigenvalue weighted by Crippen LogP contribution is 2.24. The number of rotatable bonds is 3. The molecule has 0 bridgehead atoms. The molecule has 0 amide bonds. The zero-order valence-electron chi connectivity index (χ0n) is 8.40. The van der Waals surface area contributed by atoms with Gasteiger partial charge in [0, 0.05) is 20.6 Å². The molecule has 0 aromatic rings. The Morgan fingerprint density at radius 1 is 1.38 bits per heavy atom. The van der Waals surface area contributed by atoms with Crippen molar-refractivity contribution in [3.05, 3.63) is 0 Å². The minimum absolute atomic E-state index is 0.0706. The number of hydrogen-bond acceptors (Lipinski definition) is 4. The van der Waals surface area contributed by atoms with Gasteiger partial charge in [0.1, 0.15) is 6.10 Å². The molecule has 4 heteroatoms. The molecule has 1 rings (SSSR count). The minimum atomic E-state index is -0.492. The van der Waals surface area contributed by atoms with Crippen LogP contribution in [0.15, 0.2) is 0 Å². The summed E-state index contributed by atoms with van der Waals surface area (Å²) in [7, 11) is 3.17. The average molecular weight is 190 g/mol. The number of ether oxygens (including phenoxy) is 3. The van der Waals surface area contributed by atoms with E-state index in [0.29, 0.717) is 6.42 Å². The lowest BCUT2D eigenvalue weighted by atomic mass is 9.99. The molecule has 1 saturated heterocycles. The van der Waals surface area contributed by atoms with Crippen molar-refractivity contribution in [2.75, 3.05) is 14.2 Å². The van der Waals surface area contributed by atoms with E-state index in [1.54, 1.807) is 14.2 Å². The fourth-order valence-corrected chi connectivity index (χ4v) is 1.70. The fraction of sp³-hybridized carbons (Fsp3) is 1.00. The van der Waals surface area contributed by atoms with Gasteiger partial charge in [-0.2, -0.15) is 0 Å². The Kier molecular flexibility index (Phi) is 4.12. The largest absolute Gasteiger partial charge is 0.390 e. The Labute approximate surface area is 78.8 Å². The van der Waals surface area contributed by atoms with Crippen LogP contribution in [-0.2, 0) is 14.2 Å². The highest BCUT2D eigenvalue weighted by atomic mass is 16.7. The molecule has 1 aliphatic heterocycles. The first-order chi connectivity index (χ1) is 6.22. The molecule has 13 heavy (non-hydrogen) atoms. The molecule has 0 aliphatic carbocycles. The van der Waals surface area contributed by atoms with Crippen LogP contribution in [0.25, 0.3) is 0 Å². The van der Waals surface area contributed by atoms with Gasteiger partial charge < -0.3 is 19.3 Å². The standard InChI is InChI=1S/C9H18O4/c1-4-7-9(12-3)6(10)5-8(11-2)13-7/h6-10H,4-5H2,1-3H3/t6-,7-,8-,9+/m1/s1. The van der Waals surface area contributed by atoms with E-state index in [1.165, 1.54) is 0 Å². The van der Waals surface area contributed by atoms with E-state index in [-0.39, 0.29) is 18.5 Å². The Hall–Kier alpha value is -0.160. The molecular weight excluding hydrogens is 172 g/mol. The third-order valence-electron chi connectivity index (χ3n) is 2.44. The summed E-state index contributed by atoms with van der Waals surface area (Å²) in [6, 6.07) is 0. The summed E-state index contributed by atoms with van der Waals surface area (Å²) in [6.07, 6.45) is 0.205. The smallest absolute Gasteiger partial charge is 0.160 e. The van der Waals surface area contributed by atoms with Crippen LogP contribution in [-0.4, -0.2) is 43.9 Å². The molecule has 0 radical (unpaired) electrons. The molecule has 78 valence electrons. The molecule has 1 fully saturated rings. The van der Waals surface area contributed by atoms with Crippen molar-refractivity contribution in [2.24, 2.45) is 0 Å². The SMILES string of the molecule is CC[C@H]1O[C@@H](OC)C[C@@H](O)[C@@H]1OC. The summed E-state index contributed by atoms with van der Waals surface area (Å²) in [6.45, 7) is 2.00. The summed E-state index contributed by atoms with van der Waals surface area (Å²) in [4.78, 5) is 0. The maximum Gasteiger partial charge on any atom is 0.160 e. The second-order valence-corrected chi connectivity index (χ2v) is 3.25. The Bertz CT molecular complexity index is 151. The molecule has 4 nitrogen and oxygen atoms in total. The number of hydrogen-bond donors (Lipinski definition) is 1. The summed E-state index contributed by atoms with van der Waals surface area (Å²) in [5.41, 5.74) is 0. The Balaban J connectivity index is 2.57. The molecule has 0 saturated carbocycles. The fourth-order valence-electron chi connectivity index (χ4n) is 1.70. The normalized spacial score (nSPS) is 40.6. The van der Waals surface area contributed by atoms with Crippen molar-refractivity contribution in [1.29, 1.82) is 0 Å². The van der Waals surface area contributed by atoms with E-state index in [2.05, 4.69) is 0 Å². The van der Waals surface area contributed by atoms with E-state index in [1.807, 2.05) is 6.92 Å². The summed E-state index contributed by atoms with van der Waals surface area (Å²) in [5.74, 6) is 0. The third-order valence-corrected chi connectivity index (χ3v) is 2.44. The van der Waals surface area contributed by atoms with Crippen LogP contribution in [0, 0.1) is 0 Å². The van der Waals surface area contributed by atoms with E-state index in [9.17, 15) is 5.11 Å². The molecule has 0 aromatic heterocycles. The van der Waals surface area contributed by atoms with Crippen molar-refractivity contribution in [2.45, 2.75) is 44.4 Å². The van der Waals surface area contributed by atoms with Crippen molar-refractivity contribution in [3.63, 3.8) is 0 Å². The van der Waals surface area contributed by atoms with E-state index >= 15 is 0 Å². The summed E-state index contributed by atoms with van der Waals surface area (Å²) < 4.78 is 15.8. The van der Waals surface area contributed by atoms with Crippen molar-refractivity contribution in [1.82, 2.24) is 0 Å². The molecule has 0 unspecified atom stereocenters. The topological polar surface area (TPSA) is 47.9 Å². The van der Waals surface area contributed by atoms with Gasteiger partial charge in [-0.25, -0.2) is 0 Å². The molecule has 1 heterocycles. The van der Waals surface area contributed by atoms with Crippen LogP contribution in [0.1, 0.15) is 19.8 Å². The number of methoxy groups -OCH3 is 2. The first-order valence-electron chi connectivity index (χ1n) is 4.62. The summed E-state index contributed by atoms with van der Waals surface area (Å²) in [5, 5.41) is 9.69. The lowest BCUT2D eigenvalue weighted by Crippen LogP contribution is -2.49.